The van der Waals surface area contributed by atoms with Crippen LogP contribution in [0.5, 0.6) is 0 Å². The highest BCUT2D eigenvalue weighted by molar-refractivity contribution is 7.15. The Balaban J connectivity index is 1.39. The number of nitrogens with one attached hydrogen (secondary N) is 2. The van der Waals surface area contributed by atoms with E-state index in [9.17, 15) is 4.79 Å². The molecule has 8 heteroatoms. The number of ether oxygens (including phenoxy) is 1. The number of hydrogen-bond acceptors (Lipinski definition) is 5. The summed E-state index contributed by atoms with van der Waals surface area (Å²) in [6.07, 6.45) is 3.88. The van der Waals surface area contributed by atoms with Crippen molar-refractivity contribution in [2.75, 3.05) is 36.5 Å². The second-order valence-corrected chi connectivity index (χ2v) is 6.62. The van der Waals surface area contributed by atoms with Gasteiger partial charge in [0.2, 0.25) is 0 Å². The Labute approximate surface area is 149 Å². The third-order valence-electron chi connectivity index (χ3n) is 4.08. The van der Waals surface area contributed by atoms with Crippen LogP contribution in [0.2, 0.25) is 0 Å². The average molecular weight is 357 g/mol. The third-order valence-corrected chi connectivity index (χ3v) is 4.85. The molecular weight excluding hydrogens is 338 g/mol. The van der Waals surface area contributed by atoms with Crippen molar-refractivity contribution in [2.24, 2.45) is 0 Å². The summed E-state index contributed by atoms with van der Waals surface area (Å²) in [6, 6.07) is 7.59. The maximum atomic E-state index is 12.3. The van der Waals surface area contributed by atoms with E-state index in [2.05, 4.69) is 20.5 Å². The Morgan fingerprint density at radius 1 is 1.28 bits per heavy atom. The maximum absolute atomic E-state index is 12.3. The quantitative estimate of drug-likeness (QED) is 0.753. The van der Waals surface area contributed by atoms with E-state index in [0.717, 1.165) is 35.1 Å². The summed E-state index contributed by atoms with van der Waals surface area (Å²) >= 11 is 1.57. The van der Waals surface area contributed by atoms with Gasteiger partial charge in [-0.3, -0.25) is 4.40 Å². The fraction of sp³-hybridized carbons (Fsp3) is 0.294. The minimum atomic E-state index is -0.239. The van der Waals surface area contributed by atoms with Crippen LogP contribution in [0.3, 0.4) is 0 Å². The standard InChI is InChI=1S/C17H19N5O2S/c23-16(18-11-13-12-22-7-10-25-17(22)19-13)20-14-3-1-2-4-15(14)21-5-8-24-9-6-21/h1-4,7,10,12H,5-6,8-9,11H2,(H2,18,20,23). The minimum absolute atomic E-state index is 0.239. The summed E-state index contributed by atoms with van der Waals surface area (Å²) in [6.45, 7) is 3.45. The summed E-state index contributed by atoms with van der Waals surface area (Å²) in [5, 5.41) is 7.79. The summed E-state index contributed by atoms with van der Waals surface area (Å²) < 4.78 is 7.35. The van der Waals surface area contributed by atoms with Crippen LogP contribution < -0.4 is 15.5 Å². The van der Waals surface area contributed by atoms with E-state index in [0.29, 0.717) is 19.8 Å². The fourth-order valence-electron chi connectivity index (χ4n) is 2.86. The number of hydrogen-bond donors (Lipinski definition) is 2. The van der Waals surface area contributed by atoms with E-state index in [-0.39, 0.29) is 6.03 Å². The number of thiazole rings is 1. The highest BCUT2D eigenvalue weighted by atomic mass is 32.1. The lowest BCUT2D eigenvalue weighted by molar-refractivity contribution is 0.123. The molecule has 0 aliphatic carbocycles. The van der Waals surface area contributed by atoms with Crippen molar-refractivity contribution in [2.45, 2.75) is 6.54 Å². The average Bonchev–Trinajstić information content (AvgIpc) is 3.23. The SMILES string of the molecule is O=C(NCc1cn2ccsc2n1)Nc1ccccc1N1CCOCC1. The number of urea groups is 1. The molecule has 0 unspecified atom stereocenters. The van der Waals surface area contributed by atoms with Gasteiger partial charge in [0.15, 0.2) is 4.96 Å². The number of benzene rings is 1. The van der Waals surface area contributed by atoms with E-state index in [1.807, 2.05) is 46.4 Å². The number of amides is 2. The van der Waals surface area contributed by atoms with Gasteiger partial charge in [-0.25, -0.2) is 9.78 Å². The molecule has 1 fully saturated rings. The number of anilines is 2. The lowest BCUT2D eigenvalue weighted by Gasteiger charge is -2.30. The molecule has 2 aromatic heterocycles. The van der Waals surface area contributed by atoms with Gasteiger partial charge in [0.25, 0.3) is 0 Å². The van der Waals surface area contributed by atoms with Crippen LogP contribution in [0.25, 0.3) is 4.96 Å². The third kappa shape index (κ3) is 3.59. The molecule has 0 atom stereocenters. The smallest absolute Gasteiger partial charge is 0.319 e. The van der Waals surface area contributed by atoms with Crippen molar-refractivity contribution < 1.29 is 9.53 Å². The zero-order chi connectivity index (χ0) is 17.1. The second kappa shape index (κ2) is 7.12. The van der Waals surface area contributed by atoms with Gasteiger partial charge in [0.1, 0.15) is 0 Å². The van der Waals surface area contributed by atoms with E-state index < -0.39 is 0 Å². The van der Waals surface area contributed by atoms with Crippen molar-refractivity contribution in [3.8, 4) is 0 Å². The van der Waals surface area contributed by atoms with Crippen LogP contribution in [-0.2, 0) is 11.3 Å². The predicted molar refractivity (Wildman–Crippen MR) is 98.4 cm³/mol. The Hall–Kier alpha value is -2.58. The Bertz CT molecular complexity index is 840. The monoisotopic (exact) mass is 357 g/mol. The Morgan fingerprint density at radius 3 is 2.96 bits per heavy atom. The van der Waals surface area contributed by atoms with Crippen LogP contribution in [0, 0.1) is 0 Å². The first-order valence-corrected chi connectivity index (χ1v) is 9.05. The first-order valence-electron chi connectivity index (χ1n) is 8.17. The number of para-hydroxylation sites is 2. The van der Waals surface area contributed by atoms with Gasteiger partial charge < -0.3 is 20.3 Å². The number of carbonyl (C=O) groups is 1. The second-order valence-electron chi connectivity index (χ2n) is 5.75. The fourth-order valence-corrected chi connectivity index (χ4v) is 3.58. The molecule has 1 aliphatic heterocycles. The van der Waals surface area contributed by atoms with Gasteiger partial charge in [-0.2, -0.15) is 0 Å². The summed E-state index contributed by atoms with van der Waals surface area (Å²) in [4.78, 5) is 19.9. The molecule has 130 valence electrons. The van der Waals surface area contributed by atoms with E-state index in [1.165, 1.54) is 0 Å². The summed E-state index contributed by atoms with van der Waals surface area (Å²) in [5.41, 5.74) is 2.65. The Kier molecular flexibility index (Phi) is 4.53. The maximum Gasteiger partial charge on any atom is 0.319 e. The van der Waals surface area contributed by atoms with Gasteiger partial charge in [-0.05, 0) is 12.1 Å². The molecule has 7 nitrogen and oxygen atoms in total. The zero-order valence-electron chi connectivity index (χ0n) is 13.6. The first kappa shape index (κ1) is 15.9. The van der Waals surface area contributed by atoms with Crippen LogP contribution in [-0.4, -0.2) is 41.7 Å². The molecule has 2 N–H and O–H groups in total. The van der Waals surface area contributed by atoms with Crippen LogP contribution in [0.4, 0.5) is 16.2 Å². The van der Waals surface area contributed by atoms with E-state index in [4.69, 9.17) is 4.74 Å². The lowest BCUT2D eigenvalue weighted by atomic mass is 10.2. The van der Waals surface area contributed by atoms with Gasteiger partial charge in [-0.15, -0.1) is 11.3 Å². The molecule has 1 saturated heterocycles. The molecule has 0 saturated carbocycles. The largest absolute Gasteiger partial charge is 0.378 e. The molecule has 0 radical (unpaired) electrons. The van der Waals surface area contributed by atoms with Gasteiger partial charge in [0.05, 0.1) is 36.8 Å². The molecule has 1 aromatic carbocycles. The molecule has 2 amide bonds. The molecule has 0 bridgehead atoms. The van der Waals surface area contributed by atoms with Gasteiger partial charge in [0, 0.05) is 30.9 Å². The van der Waals surface area contributed by atoms with Gasteiger partial charge >= 0.3 is 6.03 Å². The van der Waals surface area contributed by atoms with Crippen molar-refractivity contribution in [1.82, 2.24) is 14.7 Å². The van der Waals surface area contributed by atoms with Crippen molar-refractivity contribution >= 4 is 33.7 Å². The normalized spacial score (nSPS) is 14.6. The molecule has 0 spiro atoms. The zero-order valence-corrected chi connectivity index (χ0v) is 14.5. The molecule has 25 heavy (non-hydrogen) atoms. The number of morpholine rings is 1. The molecule has 1 aliphatic rings. The van der Waals surface area contributed by atoms with E-state index >= 15 is 0 Å². The van der Waals surface area contributed by atoms with Gasteiger partial charge in [-0.1, -0.05) is 12.1 Å². The number of imidazole rings is 1. The number of carbonyl (C=O) groups excluding carboxylic acids is 1. The predicted octanol–water partition coefficient (Wildman–Crippen LogP) is 2.55. The number of rotatable bonds is 4. The molecule has 3 aromatic rings. The molecular formula is C17H19N5O2S. The summed E-state index contributed by atoms with van der Waals surface area (Å²) in [5.74, 6) is 0. The molecule has 3 heterocycles. The first-order chi connectivity index (χ1) is 12.3. The lowest BCUT2D eigenvalue weighted by Crippen LogP contribution is -2.37. The van der Waals surface area contributed by atoms with Crippen LogP contribution in [0.15, 0.2) is 42.0 Å². The van der Waals surface area contributed by atoms with Crippen LogP contribution in [0.1, 0.15) is 5.69 Å². The minimum Gasteiger partial charge on any atom is -0.378 e. The topological polar surface area (TPSA) is 70.9 Å². The van der Waals surface area contributed by atoms with Crippen LogP contribution >= 0.6 is 11.3 Å². The number of fused-ring (bicyclic) bond motifs is 1. The van der Waals surface area contributed by atoms with Crippen molar-refractivity contribution in [1.29, 1.82) is 0 Å². The van der Waals surface area contributed by atoms with Crippen molar-refractivity contribution in [3.05, 3.63) is 47.7 Å². The highest BCUT2D eigenvalue weighted by Gasteiger charge is 2.15. The summed E-state index contributed by atoms with van der Waals surface area (Å²) in [7, 11) is 0. The number of aromatic nitrogens is 2. The highest BCUT2D eigenvalue weighted by Crippen LogP contribution is 2.26. The van der Waals surface area contributed by atoms with Crippen molar-refractivity contribution in [3.63, 3.8) is 0 Å². The van der Waals surface area contributed by atoms with E-state index in [1.54, 1.807) is 11.3 Å². The molecule has 4 rings (SSSR count). The Morgan fingerprint density at radius 2 is 2.12 bits per heavy atom. The number of nitrogens with zero attached hydrogens (tertiary/aromatic N) is 3.